The third-order valence-corrected chi connectivity index (χ3v) is 7.65. The summed E-state index contributed by atoms with van der Waals surface area (Å²) in [5.41, 5.74) is 9.37. The number of ether oxygens (including phenoxy) is 2. The molecular weight excluding hydrogens is 454 g/mol. The average molecular weight is 485 g/mol. The van der Waals surface area contributed by atoms with Crippen molar-refractivity contribution in [1.29, 1.82) is 0 Å². The summed E-state index contributed by atoms with van der Waals surface area (Å²) in [5, 5.41) is 4.69. The molecule has 0 aliphatic rings. The Morgan fingerprint density at radius 3 is 2.05 bits per heavy atom. The van der Waals surface area contributed by atoms with Gasteiger partial charge in [0.05, 0.1) is 25.0 Å². The molecule has 0 N–H and O–H groups in total. The molecule has 0 aliphatic heterocycles. The lowest BCUT2D eigenvalue weighted by Gasteiger charge is -2.14. The molecule has 2 aromatic heterocycles. The molecule has 6 rings (SSSR count). The SMILES string of the molecule is COc1cc2cc[n+]3c(C)c4c(OC)c(C)c(C)cc4cc3c2cc1-c1ccc(-c2ccccc2)cc1. The fourth-order valence-electron chi connectivity index (χ4n) is 5.55. The van der Waals surface area contributed by atoms with Gasteiger partial charge in [0.25, 0.3) is 0 Å². The molecule has 3 heteroatoms. The van der Waals surface area contributed by atoms with E-state index >= 15 is 0 Å². The van der Waals surface area contributed by atoms with E-state index in [1.807, 2.05) is 6.07 Å². The zero-order valence-electron chi connectivity index (χ0n) is 21.9. The van der Waals surface area contributed by atoms with Crippen LogP contribution in [0.5, 0.6) is 11.5 Å². The average Bonchev–Trinajstić information content (AvgIpc) is 2.94. The number of fused-ring (bicyclic) bond motifs is 4. The van der Waals surface area contributed by atoms with Gasteiger partial charge in [0.2, 0.25) is 5.52 Å². The monoisotopic (exact) mass is 484 g/mol. The van der Waals surface area contributed by atoms with Gasteiger partial charge in [0.15, 0.2) is 11.9 Å². The van der Waals surface area contributed by atoms with Crippen molar-refractivity contribution >= 4 is 27.1 Å². The van der Waals surface area contributed by atoms with Gasteiger partial charge in [-0.25, -0.2) is 0 Å². The summed E-state index contributed by atoms with van der Waals surface area (Å²) in [7, 11) is 3.51. The Hall–Kier alpha value is -4.37. The molecule has 0 radical (unpaired) electrons. The standard InChI is InChI=1S/C34H30NO2/c1-21-17-28-18-31-29-20-30(26-13-11-25(12-14-26)24-9-7-6-8-10-24)32(36-4)19-27(29)15-16-35(31)23(3)33(28)34(37-5)22(21)2/h6-20H,1-5H3/q+1. The molecule has 0 saturated carbocycles. The van der Waals surface area contributed by atoms with Gasteiger partial charge in [-0.15, -0.1) is 0 Å². The lowest BCUT2D eigenvalue weighted by Crippen LogP contribution is -2.26. The van der Waals surface area contributed by atoms with E-state index in [1.165, 1.54) is 38.7 Å². The molecular formula is C34H30NO2+. The summed E-state index contributed by atoms with van der Waals surface area (Å²) in [5.74, 6) is 1.82. The summed E-state index contributed by atoms with van der Waals surface area (Å²) in [6, 6.07) is 30.3. The summed E-state index contributed by atoms with van der Waals surface area (Å²) in [4.78, 5) is 0. The van der Waals surface area contributed by atoms with Crippen LogP contribution in [0, 0.1) is 20.8 Å². The van der Waals surface area contributed by atoms with Gasteiger partial charge >= 0.3 is 0 Å². The molecule has 37 heavy (non-hydrogen) atoms. The van der Waals surface area contributed by atoms with Gasteiger partial charge in [0.1, 0.15) is 11.5 Å². The van der Waals surface area contributed by atoms with Crippen molar-refractivity contribution in [3.63, 3.8) is 0 Å². The van der Waals surface area contributed by atoms with Crippen LogP contribution < -0.4 is 13.9 Å². The molecule has 6 aromatic rings. The van der Waals surface area contributed by atoms with Crippen molar-refractivity contribution in [2.75, 3.05) is 14.2 Å². The van der Waals surface area contributed by atoms with Crippen molar-refractivity contribution in [3.8, 4) is 33.8 Å². The summed E-state index contributed by atoms with van der Waals surface area (Å²) in [6.45, 7) is 6.45. The zero-order valence-corrected chi connectivity index (χ0v) is 21.9. The molecule has 0 bridgehead atoms. The van der Waals surface area contributed by atoms with Gasteiger partial charge in [-0.3, -0.25) is 0 Å². The number of aromatic nitrogens is 1. The second-order valence-corrected chi connectivity index (χ2v) is 9.70. The van der Waals surface area contributed by atoms with Gasteiger partial charge in [0, 0.05) is 24.6 Å². The van der Waals surface area contributed by atoms with Crippen LogP contribution in [0.25, 0.3) is 49.3 Å². The Kier molecular flexibility index (Phi) is 5.57. The van der Waals surface area contributed by atoms with E-state index in [2.05, 4.69) is 110 Å². The summed E-state index contributed by atoms with van der Waals surface area (Å²) in [6.07, 6.45) is 2.15. The number of nitrogens with zero attached hydrogens (tertiary/aromatic N) is 1. The fourth-order valence-corrected chi connectivity index (χ4v) is 5.55. The maximum Gasteiger partial charge on any atom is 0.219 e. The molecule has 0 unspecified atom stereocenters. The first-order chi connectivity index (χ1) is 18.0. The van der Waals surface area contributed by atoms with Crippen LogP contribution in [0.15, 0.2) is 91.1 Å². The van der Waals surface area contributed by atoms with Crippen molar-refractivity contribution in [3.05, 3.63) is 108 Å². The van der Waals surface area contributed by atoms with E-state index in [-0.39, 0.29) is 0 Å². The van der Waals surface area contributed by atoms with Gasteiger partial charge in [-0.2, -0.15) is 4.40 Å². The van der Waals surface area contributed by atoms with E-state index in [4.69, 9.17) is 9.47 Å². The Morgan fingerprint density at radius 1 is 0.649 bits per heavy atom. The first-order valence-electron chi connectivity index (χ1n) is 12.6. The third-order valence-electron chi connectivity index (χ3n) is 7.65. The molecule has 0 aliphatic carbocycles. The summed E-state index contributed by atoms with van der Waals surface area (Å²) >= 11 is 0. The largest absolute Gasteiger partial charge is 0.496 e. The number of rotatable bonds is 4. The van der Waals surface area contributed by atoms with Crippen LogP contribution in [-0.2, 0) is 0 Å². The van der Waals surface area contributed by atoms with Crippen LogP contribution in [0.4, 0.5) is 0 Å². The number of methoxy groups -OCH3 is 2. The van der Waals surface area contributed by atoms with E-state index in [0.29, 0.717) is 0 Å². The number of benzene rings is 4. The van der Waals surface area contributed by atoms with E-state index in [9.17, 15) is 0 Å². The van der Waals surface area contributed by atoms with Gasteiger partial charge in [-0.05, 0) is 64.6 Å². The number of aryl methyl sites for hydroxylation is 2. The quantitative estimate of drug-likeness (QED) is 0.144. The van der Waals surface area contributed by atoms with E-state index < -0.39 is 0 Å². The molecule has 2 heterocycles. The fraction of sp³-hybridized carbons (Fsp3) is 0.147. The minimum absolute atomic E-state index is 0.870. The van der Waals surface area contributed by atoms with Crippen LogP contribution >= 0.6 is 0 Å². The van der Waals surface area contributed by atoms with Crippen molar-refractivity contribution in [1.82, 2.24) is 0 Å². The van der Waals surface area contributed by atoms with Crippen molar-refractivity contribution in [2.45, 2.75) is 20.8 Å². The maximum atomic E-state index is 5.88. The molecule has 3 nitrogen and oxygen atoms in total. The van der Waals surface area contributed by atoms with E-state index in [0.717, 1.165) is 38.9 Å². The van der Waals surface area contributed by atoms with Crippen LogP contribution in [0.3, 0.4) is 0 Å². The van der Waals surface area contributed by atoms with E-state index in [1.54, 1.807) is 14.2 Å². The topological polar surface area (TPSA) is 22.6 Å². The first kappa shape index (κ1) is 23.1. The Balaban J connectivity index is 1.60. The second kappa shape index (κ2) is 8.94. The highest BCUT2D eigenvalue weighted by Gasteiger charge is 2.21. The minimum Gasteiger partial charge on any atom is -0.496 e. The van der Waals surface area contributed by atoms with Gasteiger partial charge < -0.3 is 9.47 Å². The Morgan fingerprint density at radius 2 is 1.35 bits per heavy atom. The normalized spacial score (nSPS) is 11.4. The smallest absolute Gasteiger partial charge is 0.219 e. The molecule has 0 spiro atoms. The molecule has 0 atom stereocenters. The molecule has 0 saturated heterocycles. The highest BCUT2D eigenvalue weighted by atomic mass is 16.5. The predicted octanol–water partition coefficient (Wildman–Crippen LogP) is 8.01. The zero-order chi connectivity index (χ0) is 25.7. The lowest BCUT2D eigenvalue weighted by atomic mass is 9.96. The van der Waals surface area contributed by atoms with Crippen LogP contribution in [0.2, 0.25) is 0 Å². The number of hydrogen-bond donors (Lipinski definition) is 0. The highest BCUT2D eigenvalue weighted by molar-refractivity contribution is 6.02. The Bertz CT molecular complexity index is 1800. The highest BCUT2D eigenvalue weighted by Crippen LogP contribution is 2.38. The first-order valence-corrected chi connectivity index (χ1v) is 12.6. The molecule has 182 valence electrons. The van der Waals surface area contributed by atoms with Crippen molar-refractivity contribution < 1.29 is 13.9 Å². The number of hydrogen-bond acceptors (Lipinski definition) is 2. The predicted molar refractivity (Wildman–Crippen MR) is 153 cm³/mol. The Labute approximate surface area is 217 Å². The molecule has 4 aromatic carbocycles. The maximum absolute atomic E-state index is 5.88. The molecule has 0 fully saturated rings. The third kappa shape index (κ3) is 3.70. The van der Waals surface area contributed by atoms with Crippen LogP contribution in [0.1, 0.15) is 16.8 Å². The molecule has 0 amide bonds. The summed E-state index contributed by atoms with van der Waals surface area (Å²) < 4.78 is 14.0. The second-order valence-electron chi connectivity index (χ2n) is 9.70. The van der Waals surface area contributed by atoms with Crippen molar-refractivity contribution in [2.24, 2.45) is 0 Å². The number of pyridine rings is 2. The van der Waals surface area contributed by atoms with Gasteiger partial charge in [-0.1, -0.05) is 60.7 Å². The minimum atomic E-state index is 0.870. The van der Waals surface area contributed by atoms with Crippen LogP contribution in [-0.4, -0.2) is 14.2 Å². The lowest BCUT2D eigenvalue weighted by molar-refractivity contribution is -0.516.